The van der Waals surface area contributed by atoms with E-state index in [0.717, 1.165) is 30.5 Å². The number of nitrogens with two attached hydrogens (primary N) is 1. The Morgan fingerprint density at radius 2 is 1.91 bits per heavy atom. The zero-order valence-corrected chi connectivity index (χ0v) is 19.5. The van der Waals surface area contributed by atoms with E-state index in [2.05, 4.69) is 25.0 Å². The largest absolute Gasteiger partial charge is 0.386 e. The number of nitrogens with one attached hydrogen (secondary N) is 2. The average molecular weight is 501 g/mol. The molecule has 4 N–H and O–H groups in total. The fourth-order valence-corrected chi connectivity index (χ4v) is 8.03. The minimum Gasteiger partial charge on any atom is -0.386 e. The molecule has 2 aliphatic rings. The molecule has 2 atom stereocenters. The van der Waals surface area contributed by atoms with Crippen LogP contribution in [-0.4, -0.2) is 48.4 Å². The van der Waals surface area contributed by atoms with Crippen molar-refractivity contribution in [3.8, 4) is 0 Å². The van der Waals surface area contributed by atoms with Crippen molar-refractivity contribution in [3.05, 3.63) is 53.5 Å². The first kappa shape index (κ1) is 24.2. The third-order valence-corrected chi connectivity index (χ3v) is 10.6. The van der Waals surface area contributed by atoms with Crippen LogP contribution in [0, 0.1) is 11.6 Å². The molecule has 8 nitrogen and oxygen atoms in total. The normalized spacial score (nSPS) is 27.7. The molecular formula is C21H24F4N6O2S. The summed E-state index contributed by atoms with van der Waals surface area (Å²) in [6, 6.07) is 4.35. The SMILES string of the molecule is CC1(C)C(N)=N[C@](C)(c2nc(NC(=O)c3ccc(F)cn3)ccc2F)[C@H]2CC(F)(F)CN[SH]21=O. The standard InChI is InChI=1S/C21H24F4N6O2S/c1-19(2)18(26)31-20(3,14-8-21(24,25)10-28-34(14,19)33)16-12(23)5-7-15(29-16)30-17(32)13-6-4-11(22)9-27-13/h4-7,9,14,34H,8,10H2,1-3H3,(H2,26,31)(H,28,33)(H,29,30,32)/t14-,20+/m1/s1. The van der Waals surface area contributed by atoms with Gasteiger partial charge in [-0.15, -0.1) is 0 Å². The highest BCUT2D eigenvalue weighted by Gasteiger charge is 2.62. The van der Waals surface area contributed by atoms with Gasteiger partial charge in [0.1, 0.15) is 40.2 Å². The first-order chi connectivity index (χ1) is 15.7. The Hall–Kier alpha value is -2.93. The number of carbonyl (C=O) groups excluding carboxylic acids is 1. The van der Waals surface area contributed by atoms with Crippen LogP contribution in [0.2, 0.25) is 0 Å². The predicted octanol–water partition coefficient (Wildman–Crippen LogP) is 2.30. The molecule has 0 saturated carbocycles. The maximum Gasteiger partial charge on any atom is 0.275 e. The van der Waals surface area contributed by atoms with Gasteiger partial charge in [-0.3, -0.25) is 18.7 Å². The number of carbonyl (C=O) groups is 1. The molecule has 0 bridgehead atoms. The van der Waals surface area contributed by atoms with Gasteiger partial charge < -0.3 is 11.1 Å². The Bertz CT molecular complexity index is 1240. The van der Waals surface area contributed by atoms with E-state index < -0.39 is 62.1 Å². The Balaban J connectivity index is 1.79. The number of anilines is 1. The number of rotatable bonds is 3. The number of thiol groups is 1. The second kappa shape index (κ2) is 7.80. The predicted molar refractivity (Wildman–Crippen MR) is 120 cm³/mol. The van der Waals surface area contributed by atoms with Crippen molar-refractivity contribution in [2.24, 2.45) is 10.7 Å². The van der Waals surface area contributed by atoms with Crippen molar-refractivity contribution in [2.75, 3.05) is 11.9 Å². The molecule has 34 heavy (non-hydrogen) atoms. The molecule has 1 saturated heterocycles. The molecule has 0 unspecified atom stereocenters. The highest BCUT2D eigenvalue weighted by molar-refractivity contribution is 8.04. The molecule has 2 aromatic rings. The van der Waals surface area contributed by atoms with Gasteiger partial charge in [0.25, 0.3) is 11.8 Å². The summed E-state index contributed by atoms with van der Waals surface area (Å²) in [5.41, 5.74) is 3.81. The third-order valence-electron chi connectivity index (χ3n) is 6.49. The van der Waals surface area contributed by atoms with Crippen LogP contribution in [0.1, 0.15) is 43.4 Å². The lowest BCUT2D eigenvalue weighted by Crippen LogP contribution is -2.72. The van der Waals surface area contributed by atoms with Crippen LogP contribution in [0.5, 0.6) is 0 Å². The summed E-state index contributed by atoms with van der Waals surface area (Å²) in [7, 11) is -3.68. The van der Waals surface area contributed by atoms with E-state index in [-0.39, 0.29) is 23.0 Å². The summed E-state index contributed by atoms with van der Waals surface area (Å²) < 4.78 is 72.4. The van der Waals surface area contributed by atoms with E-state index in [1.165, 1.54) is 6.92 Å². The topological polar surface area (TPSA) is 122 Å². The number of fused-ring (bicyclic) bond motifs is 1. The lowest BCUT2D eigenvalue weighted by Gasteiger charge is -2.56. The summed E-state index contributed by atoms with van der Waals surface area (Å²) in [6.07, 6.45) is 0.0414. The van der Waals surface area contributed by atoms with Gasteiger partial charge in [-0.05, 0) is 55.2 Å². The molecule has 1 amide bonds. The molecule has 2 aromatic heterocycles. The number of alkyl halides is 2. The second-order valence-corrected chi connectivity index (χ2v) is 12.5. The van der Waals surface area contributed by atoms with Gasteiger partial charge >= 0.3 is 0 Å². The third kappa shape index (κ3) is 3.76. The first-order valence-corrected chi connectivity index (χ1v) is 12.2. The zero-order valence-electron chi connectivity index (χ0n) is 18.6. The van der Waals surface area contributed by atoms with Crippen LogP contribution in [0.25, 0.3) is 0 Å². The van der Waals surface area contributed by atoms with E-state index in [4.69, 9.17) is 5.73 Å². The van der Waals surface area contributed by atoms with E-state index in [1.807, 2.05) is 0 Å². The van der Waals surface area contributed by atoms with Gasteiger partial charge in [0.2, 0.25) is 0 Å². The highest BCUT2D eigenvalue weighted by atomic mass is 32.3. The quantitative estimate of drug-likeness (QED) is 0.381. The molecule has 2 aliphatic heterocycles. The van der Waals surface area contributed by atoms with Gasteiger partial charge in [0.15, 0.2) is 0 Å². The number of aromatic nitrogens is 2. The van der Waals surface area contributed by atoms with Crippen LogP contribution in [0.3, 0.4) is 0 Å². The molecule has 1 fully saturated rings. The number of amidine groups is 1. The molecule has 4 heterocycles. The molecule has 0 spiro atoms. The highest BCUT2D eigenvalue weighted by Crippen LogP contribution is 2.50. The minimum absolute atomic E-state index is 0.0848. The maximum absolute atomic E-state index is 15.1. The van der Waals surface area contributed by atoms with Crippen LogP contribution >= 0.6 is 0 Å². The van der Waals surface area contributed by atoms with E-state index in [9.17, 15) is 22.2 Å². The van der Waals surface area contributed by atoms with Crippen molar-refractivity contribution in [1.82, 2.24) is 14.7 Å². The number of pyridine rings is 2. The van der Waals surface area contributed by atoms with Crippen LogP contribution < -0.4 is 15.8 Å². The Morgan fingerprint density at radius 3 is 2.56 bits per heavy atom. The molecule has 13 heteroatoms. The van der Waals surface area contributed by atoms with Crippen molar-refractivity contribution in [3.63, 3.8) is 0 Å². The van der Waals surface area contributed by atoms with Gasteiger partial charge in [0.05, 0.1) is 22.7 Å². The average Bonchev–Trinajstić information content (AvgIpc) is 2.76. The number of amides is 1. The molecule has 0 aromatic carbocycles. The molecule has 0 aliphatic carbocycles. The van der Waals surface area contributed by atoms with E-state index in [0.29, 0.717) is 0 Å². The van der Waals surface area contributed by atoms with Gasteiger partial charge in [-0.1, -0.05) is 0 Å². The zero-order chi connectivity index (χ0) is 25.1. The van der Waals surface area contributed by atoms with Crippen molar-refractivity contribution in [2.45, 2.75) is 48.7 Å². The summed E-state index contributed by atoms with van der Waals surface area (Å²) in [4.78, 5) is 24.6. The van der Waals surface area contributed by atoms with Crippen molar-refractivity contribution in [1.29, 1.82) is 0 Å². The molecule has 0 radical (unpaired) electrons. The van der Waals surface area contributed by atoms with Gasteiger partial charge in [-0.25, -0.2) is 27.5 Å². The number of nitrogens with zero attached hydrogens (tertiary/aromatic N) is 3. The van der Waals surface area contributed by atoms with E-state index >= 15 is 4.39 Å². The number of hydrogen-bond acceptors (Lipinski definition) is 6. The van der Waals surface area contributed by atoms with Crippen molar-refractivity contribution >= 4 is 27.7 Å². The van der Waals surface area contributed by atoms with Crippen molar-refractivity contribution < 1.29 is 26.6 Å². The second-order valence-electron chi connectivity index (χ2n) is 9.12. The summed E-state index contributed by atoms with van der Waals surface area (Å²) in [5.74, 6) is -5.70. The van der Waals surface area contributed by atoms with Crippen LogP contribution in [0.4, 0.5) is 23.4 Å². The molecule has 184 valence electrons. The number of hydrogen-bond donors (Lipinski definition) is 4. The minimum atomic E-state index is -3.68. The monoisotopic (exact) mass is 500 g/mol. The summed E-state index contributed by atoms with van der Waals surface area (Å²) in [6.45, 7) is 3.65. The Morgan fingerprint density at radius 1 is 1.21 bits per heavy atom. The smallest absolute Gasteiger partial charge is 0.275 e. The summed E-state index contributed by atoms with van der Waals surface area (Å²) in [5, 5.41) is 1.09. The Labute approximate surface area is 194 Å². The first-order valence-electron chi connectivity index (χ1n) is 10.4. The molecule has 4 rings (SSSR count). The van der Waals surface area contributed by atoms with E-state index in [1.54, 1.807) is 13.8 Å². The lowest BCUT2D eigenvalue weighted by atomic mass is 9.88. The fourth-order valence-electron chi connectivity index (χ4n) is 4.37. The summed E-state index contributed by atoms with van der Waals surface area (Å²) >= 11 is 0. The van der Waals surface area contributed by atoms with Gasteiger partial charge in [-0.2, -0.15) is 0 Å². The van der Waals surface area contributed by atoms with Gasteiger partial charge in [0, 0.05) is 6.42 Å². The number of halogens is 4. The molecular weight excluding hydrogens is 476 g/mol. The lowest BCUT2D eigenvalue weighted by molar-refractivity contribution is -0.0139. The number of aliphatic imine (C=N–C) groups is 1. The van der Waals surface area contributed by atoms with Crippen LogP contribution in [-0.2, 0) is 15.7 Å². The van der Waals surface area contributed by atoms with Crippen LogP contribution in [0.15, 0.2) is 35.5 Å². The Kier molecular flexibility index (Phi) is 5.55. The maximum atomic E-state index is 15.1. The fraction of sp³-hybridized carbons (Fsp3) is 0.429.